The van der Waals surface area contributed by atoms with Gasteiger partial charge in [-0.05, 0) is 49.2 Å². The van der Waals surface area contributed by atoms with Crippen LogP contribution < -0.4 is 5.32 Å². The Bertz CT molecular complexity index is 1350. The monoisotopic (exact) mass is 481 g/mol. The van der Waals surface area contributed by atoms with Gasteiger partial charge in [-0.15, -0.1) is 0 Å². The summed E-state index contributed by atoms with van der Waals surface area (Å²) in [5.74, 6) is 1.02. The highest BCUT2D eigenvalue weighted by molar-refractivity contribution is 7.89. The summed E-state index contributed by atoms with van der Waals surface area (Å²) in [6, 6.07) is 11.5. The first kappa shape index (κ1) is 22.5. The molecule has 5 rings (SSSR count). The molecule has 0 bridgehead atoms. The molecule has 178 valence electrons. The van der Waals surface area contributed by atoms with Gasteiger partial charge >= 0.3 is 0 Å². The minimum atomic E-state index is -3.77. The average molecular weight is 482 g/mol. The van der Waals surface area contributed by atoms with Gasteiger partial charge in [0.25, 0.3) is 5.91 Å². The Balaban J connectivity index is 1.31. The predicted octanol–water partition coefficient (Wildman–Crippen LogP) is 2.94. The van der Waals surface area contributed by atoms with Gasteiger partial charge < -0.3 is 15.2 Å². The lowest BCUT2D eigenvalue weighted by Crippen LogP contribution is -2.49. The lowest BCUT2D eigenvalue weighted by molar-refractivity contribution is -0.129. The fraction of sp³-hybridized carbons (Fsp3) is 0.375. The van der Waals surface area contributed by atoms with Crippen molar-refractivity contribution in [1.82, 2.24) is 19.2 Å². The van der Waals surface area contributed by atoms with Crippen LogP contribution in [0, 0.1) is 0 Å². The Kier molecular flexibility index (Phi) is 5.86. The Morgan fingerprint density at radius 3 is 2.50 bits per heavy atom. The lowest BCUT2D eigenvalue weighted by Gasteiger charge is -2.33. The van der Waals surface area contributed by atoms with Crippen LogP contribution in [0.4, 0.5) is 5.69 Å². The number of imidazole rings is 1. The molecule has 9 nitrogen and oxygen atoms in total. The number of benzene rings is 2. The van der Waals surface area contributed by atoms with E-state index in [0.717, 1.165) is 29.7 Å². The number of carbonyl (C=O) groups excluding carboxylic acids is 2. The second kappa shape index (κ2) is 8.84. The van der Waals surface area contributed by atoms with Crippen LogP contribution in [0.1, 0.15) is 48.3 Å². The highest BCUT2D eigenvalue weighted by Crippen LogP contribution is 2.35. The SMILES string of the molecule is CC(=O)N1CCN(S(=O)(=O)c2cccc(C(=O)Nc3ccc4nc(C5CCC5)[nH]c4c3)c2)CC1. The van der Waals surface area contributed by atoms with Gasteiger partial charge in [0.2, 0.25) is 15.9 Å². The predicted molar refractivity (Wildman–Crippen MR) is 128 cm³/mol. The van der Waals surface area contributed by atoms with Gasteiger partial charge in [-0.2, -0.15) is 4.31 Å². The van der Waals surface area contributed by atoms with Gasteiger partial charge in [0.1, 0.15) is 5.82 Å². The number of nitrogens with one attached hydrogen (secondary N) is 2. The Hall–Kier alpha value is -3.24. The van der Waals surface area contributed by atoms with Crippen molar-refractivity contribution in [3.05, 3.63) is 53.9 Å². The van der Waals surface area contributed by atoms with E-state index in [1.807, 2.05) is 12.1 Å². The average Bonchev–Trinajstić information content (AvgIpc) is 3.20. The standard InChI is InChI=1S/C24H27N5O4S/c1-16(30)28-10-12-29(13-11-28)34(32,33)20-7-3-6-18(14-20)24(31)25-19-8-9-21-22(15-19)27-23(26-21)17-4-2-5-17/h3,6-9,14-15,17H,2,4-5,10-13H2,1H3,(H,25,31)(H,26,27). The molecule has 1 aliphatic carbocycles. The third kappa shape index (κ3) is 4.30. The van der Waals surface area contributed by atoms with E-state index in [4.69, 9.17) is 0 Å². The normalized spacial score (nSPS) is 17.5. The zero-order chi connectivity index (χ0) is 23.9. The molecular weight excluding hydrogens is 454 g/mol. The molecule has 0 unspecified atom stereocenters. The van der Waals surface area contributed by atoms with Gasteiger partial charge in [0, 0.05) is 50.3 Å². The summed E-state index contributed by atoms with van der Waals surface area (Å²) in [5.41, 5.74) is 2.58. The Morgan fingerprint density at radius 2 is 1.82 bits per heavy atom. The van der Waals surface area contributed by atoms with Crippen molar-refractivity contribution in [2.24, 2.45) is 0 Å². The summed E-state index contributed by atoms with van der Waals surface area (Å²) in [6.07, 6.45) is 3.52. The topological polar surface area (TPSA) is 115 Å². The number of nitrogens with zero attached hydrogens (tertiary/aromatic N) is 3. The number of aromatic amines is 1. The van der Waals surface area contributed by atoms with Crippen LogP contribution in [0.25, 0.3) is 11.0 Å². The molecule has 2 N–H and O–H groups in total. The number of piperazine rings is 1. The molecule has 0 atom stereocenters. The first-order chi connectivity index (χ1) is 16.3. The fourth-order valence-electron chi connectivity index (χ4n) is 4.38. The quantitative estimate of drug-likeness (QED) is 0.581. The number of carbonyl (C=O) groups is 2. The summed E-state index contributed by atoms with van der Waals surface area (Å²) in [7, 11) is -3.77. The molecule has 10 heteroatoms. The third-order valence-electron chi connectivity index (χ3n) is 6.67. The maximum absolute atomic E-state index is 13.1. The molecule has 0 radical (unpaired) electrons. The molecule has 3 aromatic rings. The molecule has 2 fully saturated rings. The molecule has 2 amide bonds. The number of hydrogen-bond acceptors (Lipinski definition) is 5. The number of rotatable bonds is 5. The number of aromatic nitrogens is 2. The summed E-state index contributed by atoms with van der Waals surface area (Å²) in [5, 5.41) is 2.85. The zero-order valence-electron chi connectivity index (χ0n) is 19.0. The summed E-state index contributed by atoms with van der Waals surface area (Å²) in [6.45, 7) is 2.64. The summed E-state index contributed by atoms with van der Waals surface area (Å²) in [4.78, 5) is 34.1. The van der Waals surface area contributed by atoms with E-state index < -0.39 is 15.9 Å². The molecule has 1 saturated carbocycles. The maximum atomic E-state index is 13.1. The molecule has 1 saturated heterocycles. The van der Waals surface area contributed by atoms with Gasteiger partial charge in [-0.3, -0.25) is 9.59 Å². The largest absolute Gasteiger partial charge is 0.342 e. The number of H-pyrrole nitrogens is 1. The minimum Gasteiger partial charge on any atom is -0.342 e. The number of amides is 2. The van der Waals surface area contributed by atoms with Crippen LogP contribution in [0.2, 0.25) is 0 Å². The van der Waals surface area contributed by atoms with E-state index in [1.54, 1.807) is 23.1 Å². The third-order valence-corrected chi connectivity index (χ3v) is 8.56. The molecule has 1 aliphatic heterocycles. The van der Waals surface area contributed by atoms with Crippen molar-refractivity contribution in [1.29, 1.82) is 0 Å². The lowest BCUT2D eigenvalue weighted by atomic mass is 9.85. The first-order valence-electron chi connectivity index (χ1n) is 11.5. The molecule has 2 aliphatic rings. The molecule has 2 aromatic carbocycles. The molecule has 2 heterocycles. The number of hydrogen-bond donors (Lipinski definition) is 2. The van der Waals surface area contributed by atoms with Crippen LogP contribution in [0.5, 0.6) is 0 Å². The minimum absolute atomic E-state index is 0.0607. The van der Waals surface area contributed by atoms with Crippen molar-refractivity contribution >= 4 is 38.6 Å². The smallest absolute Gasteiger partial charge is 0.255 e. The van der Waals surface area contributed by atoms with Crippen molar-refractivity contribution in [3.8, 4) is 0 Å². The van der Waals surface area contributed by atoms with Crippen molar-refractivity contribution in [2.75, 3.05) is 31.5 Å². The maximum Gasteiger partial charge on any atom is 0.255 e. The van der Waals surface area contributed by atoms with E-state index in [1.165, 1.54) is 29.8 Å². The Labute approximate surface area is 198 Å². The first-order valence-corrected chi connectivity index (χ1v) is 12.9. The number of anilines is 1. The summed E-state index contributed by atoms with van der Waals surface area (Å²) < 4.78 is 27.6. The second-order valence-corrected chi connectivity index (χ2v) is 10.8. The molecular formula is C24H27N5O4S. The van der Waals surface area contributed by atoms with Crippen LogP contribution >= 0.6 is 0 Å². The molecule has 0 spiro atoms. The summed E-state index contributed by atoms with van der Waals surface area (Å²) >= 11 is 0. The molecule has 1 aromatic heterocycles. The van der Waals surface area contributed by atoms with Crippen LogP contribution in [-0.2, 0) is 14.8 Å². The van der Waals surface area contributed by atoms with E-state index >= 15 is 0 Å². The van der Waals surface area contributed by atoms with Gasteiger partial charge in [-0.1, -0.05) is 12.5 Å². The van der Waals surface area contributed by atoms with E-state index in [9.17, 15) is 18.0 Å². The van der Waals surface area contributed by atoms with Crippen LogP contribution in [0.3, 0.4) is 0 Å². The number of fused-ring (bicyclic) bond motifs is 1. The Morgan fingerprint density at radius 1 is 1.06 bits per heavy atom. The fourth-order valence-corrected chi connectivity index (χ4v) is 5.84. The zero-order valence-corrected chi connectivity index (χ0v) is 19.8. The molecule has 34 heavy (non-hydrogen) atoms. The van der Waals surface area contributed by atoms with Crippen LogP contribution in [0.15, 0.2) is 47.4 Å². The highest BCUT2D eigenvalue weighted by atomic mass is 32.2. The van der Waals surface area contributed by atoms with Crippen molar-refractivity contribution in [3.63, 3.8) is 0 Å². The number of sulfonamides is 1. The van der Waals surface area contributed by atoms with E-state index in [-0.39, 0.29) is 29.5 Å². The van der Waals surface area contributed by atoms with E-state index in [0.29, 0.717) is 24.7 Å². The second-order valence-electron chi connectivity index (χ2n) is 8.87. The highest BCUT2D eigenvalue weighted by Gasteiger charge is 2.29. The van der Waals surface area contributed by atoms with Gasteiger partial charge in [-0.25, -0.2) is 13.4 Å². The van der Waals surface area contributed by atoms with Gasteiger partial charge in [0.05, 0.1) is 15.9 Å². The van der Waals surface area contributed by atoms with E-state index in [2.05, 4.69) is 15.3 Å². The van der Waals surface area contributed by atoms with Crippen molar-refractivity contribution in [2.45, 2.75) is 37.0 Å². The van der Waals surface area contributed by atoms with Crippen LogP contribution in [-0.4, -0.2) is 65.6 Å². The van der Waals surface area contributed by atoms with Gasteiger partial charge in [0.15, 0.2) is 0 Å². The van der Waals surface area contributed by atoms with Crippen molar-refractivity contribution < 1.29 is 18.0 Å².